The second-order valence-electron chi connectivity index (χ2n) is 6.97. The first-order valence-electron chi connectivity index (χ1n) is 9.77. The molecule has 0 aliphatic heterocycles. The van der Waals surface area contributed by atoms with E-state index in [0.717, 1.165) is 5.56 Å². The number of nitrogens with one attached hydrogen (secondary N) is 1. The molecule has 3 aromatic carbocycles. The third-order valence-corrected chi connectivity index (χ3v) is 5.62. The van der Waals surface area contributed by atoms with Crippen LogP contribution < -0.4 is 10.1 Å². The molecule has 1 N–H and O–H groups in total. The normalized spacial score (nSPS) is 12.5. The molecule has 1 aliphatic rings. The number of hydrogen-bond acceptors (Lipinski definition) is 3. The number of alkyl carbamates (subject to hydrolysis) is 1. The van der Waals surface area contributed by atoms with E-state index in [1.807, 2.05) is 48.6 Å². The van der Waals surface area contributed by atoms with E-state index in [1.165, 1.54) is 22.3 Å². The standard InChI is InChI=1S/C25H22ClNO3/c1-29-23-14-6-8-17(24(23)26)9-7-15-27-25(28)30-16-22-20-12-4-2-10-18(20)19-11-3-5-13-21(19)22/h2-14,22H,15-16H2,1H3,(H,27,28). The van der Waals surface area contributed by atoms with E-state index in [9.17, 15) is 4.79 Å². The smallest absolute Gasteiger partial charge is 0.407 e. The van der Waals surface area contributed by atoms with Crippen LogP contribution in [0.5, 0.6) is 5.75 Å². The minimum atomic E-state index is -0.446. The summed E-state index contributed by atoms with van der Waals surface area (Å²) in [6, 6.07) is 22.1. The number of carbonyl (C=O) groups is 1. The molecular weight excluding hydrogens is 398 g/mol. The van der Waals surface area contributed by atoms with Gasteiger partial charge in [-0.3, -0.25) is 0 Å². The van der Waals surface area contributed by atoms with Crippen LogP contribution in [0.1, 0.15) is 22.6 Å². The summed E-state index contributed by atoms with van der Waals surface area (Å²) in [4.78, 5) is 12.2. The fourth-order valence-corrected chi connectivity index (χ4v) is 4.06. The Labute approximate surface area is 181 Å². The fourth-order valence-electron chi connectivity index (χ4n) is 3.79. The highest BCUT2D eigenvalue weighted by molar-refractivity contribution is 6.33. The van der Waals surface area contributed by atoms with Crippen LogP contribution in [0.3, 0.4) is 0 Å². The topological polar surface area (TPSA) is 47.6 Å². The van der Waals surface area contributed by atoms with E-state index in [-0.39, 0.29) is 5.92 Å². The van der Waals surface area contributed by atoms with Gasteiger partial charge in [0.15, 0.2) is 0 Å². The lowest BCUT2D eigenvalue weighted by molar-refractivity contribution is 0.144. The summed E-state index contributed by atoms with van der Waals surface area (Å²) in [6.45, 7) is 0.634. The van der Waals surface area contributed by atoms with Gasteiger partial charge in [0, 0.05) is 12.5 Å². The van der Waals surface area contributed by atoms with Crippen LogP contribution in [0.2, 0.25) is 5.02 Å². The van der Waals surface area contributed by atoms with E-state index in [1.54, 1.807) is 13.2 Å². The zero-order valence-electron chi connectivity index (χ0n) is 16.6. The molecule has 4 nitrogen and oxygen atoms in total. The van der Waals surface area contributed by atoms with Crippen LogP contribution in [-0.4, -0.2) is 26.4 Å². The molecule has 1 amide bonds. The Kier molecular flexibility index (Phi) is 6.05. The Balaban J connectivity index is 1.34. The van der Waals surface area contributed by atoms with Gasteiger partial charge in [-0.25, -0.2) is 4.79 Å². The van der Waals surface area contributed by atoms with Crippen molar-refractivity contribution in [3.63, 3.8) is 0 Å². The van der Waals surface area contributed by atoms with Gasteiger partial charge in [0.2, 0.25) is 0 Å². The highest BCUT2D eigenvalue weighted by Crippen LogP contribution is 2.44. The Morgan fingerprint density at radius 2 is 1.67 bits per heavy atom. The van der Waals surface area contributed by atoms with Gasteiger partial charge in [-0.2, -0.15) is 0 Å². The van der Waals surface area contributed by atoms with Gasteiger partial charge in [-0.15, -0.1) is 0 Å². The molecular formula is C25H22ClNO3. The van der Waals surface area contributed by atoms with Crippen LogP contribution in [0.4, 0.5) is 4.79 Å². The molecule has 152 valence electrons. The number of ether oxygens (including phenoxy) is 2. The molecule has 0 bridgehead atoms. The highest BCUT2D eigenvalue weighted by atomic mass is 35.5. The summed E-state index contributed by atoms with van der Waals surface area (Å²) < 4.78 is 10.7. The summed E-state index contributed by atoms with van der Waals surface area (Å²) in [5, 5.41) is 3.29. The molecule has 30 heavy (non-hydrogen) atoms. The molecule has 4 rings (SSSR count). The number of fused-ring (bicyclic) bond motifs is 3. The van der Waals surface area contributed by atoms with Crippen molar-refractivity contribution in [2.75, 3.05) is 20.3 Å². The molecule has 0 radical (unpaired) electrons. The summed E-state index contributed by atoms with van der Waals surface area (Å²) in [5.74, 6) is 0.664. The van der Waals surface area contributed by atoms with Gasteiger partial charge < -0.3 is 14.8 Å². The van der Waals surface area contributed by atoms with Gasteiger partial charge in [0.05, 0.1) is 12.1 Å². The SMILES string of the molecule is COc1cccc(C=CCNC(=O)OCC2c3ccccc3-c3ccccc32)c1Cl. The Morgan fingerprint density at radius 3 is 2.33 bits per heavy atom. The first-order chi connectivity index (χ1) is 14.7. The molecule has 0 unspecified atom stereocenters. The molecule has 0 heterocycles. The van der Waals surface area contributed by atoms with E-state index < -0.39 is 6.09 Å². The first kappa shape index (κ1) is 20.0. The fraction of sp³-hybridized carbons (Fsp3) is 0.160. The van der Waals surface area contributed by atoms with Crippen molar-refractivity contribution in [3.05, 3.63) is 94.5 Å². The van der Waals surface area contributed by atoms with Gasteiger partial charge in [0.1, 0.15) is 12.4 Å². The molecule has 1 aliphatic carbocycles. The number of carbonyl (C=O) groups excluding carboxylic acids is 1. The Morgan fingerprint density at radius 1 is 1.00 bits per heavy atom. The molecule has 0 spiro atoms. The van der Waals surface area contributed by atoms with Crippen LogP contribution in [0.15, 0.2) is 72.8 Å². The monoisotopic (exact) mass is 419 g/mol. The molecule has 0 aromatic heterocycles. The number of rotatable bonds is 6. The molecule has 3 aromatic rings. The maximum Gasteiger partial charge on any atom is 0.407 e. The first-order valence-corrected chi connectivity index (χ1v) is 10.1. The van der Waals surface area contributed by atoms with Crippen LogP contribution in [-0.2, 0) is 4.74 Å². The lowest BCUT2D eigenvalue weighted by Gasteiger charge is -2.14. The highest BCUT2D eigenvalue weighted by Gasteiger charge is 2.28. The van der Waals surface area contributed by atoms with Crippen molar-refractivity contribution in [3.8, 4) is 16.9 Å². The average molecular weight is 420 g/mol. The second kappa shape index (κ2) is 9.06. The van der Waals surface area contributed by atoms with Gasteiger partial charge in [-0.1, -0.05) is 84.4 Å². The quantitative estimate of drug-likeness (QED) is 0.541. The van der Waals surface area contributed by atoms with Crippen LogP contribution in [0.25, 0.3) is 17.2 Å². The third kappa shape index (κ3) is 4.05. The second-order valence-corrected chi connectivity index (χ2v) is 7.35. The largest absolute Gasteiger partial charge is 0.495 e. The number of amides is 1. The Bertz CT molecular complexity index is 1050. The predicted octanol–water partition coefficient (Wildman–Crippen LogP) is 5.90. The minimum absolute atomic E-state index is 0.0503. The van der Waals surface area contributed by atoms with Gasteiger partial charge >= 0.3 is 6.09 Å². The third-order valence-electron chi connectivity index (χ3n) is 5.22. The van der Waals surface area contributed by atoms with E-state index in [2.05, 4.69) is 29.6 Å². The van der Waals surface area contributed by atoms with Crippen LogP contribution >= 0.6 is 11.6 Å². The van der Waals surface area contributed by atoms with Gasteiger partial charge in [0.25, 0.3) is 0 Å². The summed E-state index contributed by atoms with van der Waals surface area (Å²) in [5.41, 5.74) is 5.63. The lowest BCUT2D eigenvalue weighted by Crippen LogP contribution is -2.26. The van der Waals surface area contributed by atoms with E-state index >= 15 is 0 Å². The molecule has 0 saturated carbocycles. The number of benzene rings is 3. The van der Waals surface area contributed by atoms with Crippen molar-refractivity contribution in [1.82, 2.24) is 5.32 Å². The summed E-state index contributed by atoms with van der Waals surface area (Å²) in [6.07, 6.45) is 3.22. The lowest BCUT2D eigenvalue weighted by atomic mass is 9.98. The molecule has 0 saturated heterocycles. The van der Waals surface area contributed by atoms with Crippen molar-refractivity contribution in [2.24, 2.45) is 0 Å². The van der Waals surface area contributed by atoms with E-state index in [0.29, 0.717) is 23.9 Å². The molecule has 0 fully saturated rings. The van der Waals surface area contributed by atoms with Crippen molar-refractivity contribution in [2.45, 2.75) is 5.92 Å². The zero-order chi connectivity index (χ0) is 20.9. The summed E-state index contributed by atoms with van der Waals surface area (Å²) >= 11 is 6.27. The van der Waals surface area contributed by atoms with Crippen molar-refractivity contribution >= 4 is 23.8 Å². The maximum absolute atomic E-state index is 12.2. The Hall–Kier alpha value is -3.24. The molecule has 5 heteroatoms. The number of methoxy groups -OCH3 is 1. The van der Waals surface area contributed by atoms with Crippen molar-refractivity contribution < 1.29 is 14.3 Å². The predicted molar refractivity (Wildman–Crippen MR) is 120 cm³/mol. The van der Waals surface area contributed by atoms with E-state index in [4.69, 9.17) is 21.1 Å². The van der Waals surface area contributed by atoms with Gasteiger partial charge in [-0.05, 0) is 33.9 Å². The zero-order valence-corrected chi connectivity index (χ0v) is 17.4. The average Bonchev–Trinajstić information content (AvgIpc) is 3.10. The summed E-state index contributed by atoms with van der Waals surface area (Å²) in [7, 11) is 1.58. The number of hydrogen-bond donors (Lipinski definition) is 1. The number of halogens is 1. The van der Waals surface area contributed by atoms with Crippen LogP contribution in [0, 0.1) is 0 Å². The molecule has 0 atom stereocenters. The maximum atomic E-state index is 12.2. The van der Waals surface area contributed by atoms with Crippen molar-refractivity contribution in [1.29, 1.82) is 0 Å². The minimum Gasteiger partial charge on any atom is -0.495 e.